The van der Waals surface area contributed by atoms with Crippen LogP contribution >= 0.6 is 0 Å². The van der Waals surface area contributed by atoms with Crippen LogP contribution in [0.3, 0.4) is 0 Å². The molecule has 0 aromatic heterocycles. The SMILES string of the molecule is CC(=O)Nc1ccc(CNC(C)c2ccccc2C)cc1. The summed E-state index contributed by atoms with van der Waals surface area (Å²) < 4.78 is 0. The van der Waals surface area contributed by atoms with E-state index >= 15 is 0 Å². The van der Waals surface area contributed by atoms with Crippen molar-refractivity contribution in [2.24, 2.45) is 0 Å². The van der Waals surface area contributed by atoms with Crippen LogP contribution in [0.4, 0.5) is 5.69 Å². The number of hydrogen-bond donors (Lipinski definition) is 2. The number of rotatable bonds is 5. The molecule has 2 aromatic carbocycles. The van der Waals surface area contributed by atoms with E-state index in [1.165, 1.54) is 23.6 Å². The lowest BCUT2D eigenvalue weighted by Gasteiger charge is -2.16. The molecule has 1 unspecified atom stereocenters. The van der Waals surface area contributed by atoms with Crippen LogP contribution in [-0.2, 0) is 11.3 Å². The van der Waals surface area contributed by atoms with Crippen molar-refractivity contribution in [3.63, 3.8) is 0 Å². The minimum absolute atomic E-state index is 0.0472. The third-order valence-electron chi connectivity index (χ3n) is 3.54. The predicted octanol–water partition coefficient (Wildman–Crippen LogP) is 3.80. The van der Waals surface area contributed by atoms with Gasteiger partial charge in [0, 0.05) is 25.2 Å². The second-order valence-corrected chi connectivity index (χ2v) is 5.34. The van der Waals surface area contributed by atoms with E-state index in [0.29, 0.717) is 6.04 Å². The van der Waals surface area contributed by atoms with Crippen LogP contribution < -0.4 is 10.6 Å². The molecule has 0 bridgehead atoms. The Hall–Kier alpha value is -2.13. The number of amides is 1. The molecule has 21 heavy (non-hydrogen) atoms. The topological polar surface area (TPSA) is 41.1 Å². The molecule has 1 atom stereocenters. The van der Waals surface area contributed by atoms with Gasteiger partial charge in [0.05, 0.1) is 0 Å². The molecule has 0 saturated heterocycles. The summed E-state index contributed by atoms with van der Waals surface area (Å²) in [5.41, 5.74) is 4.66. The van der Waals surface area contributed by atoms with Crippen LogP contribution in [0.15, 0.2) is 48.5 Å². The zero-order valence-corrected chi connectivity index (χ0v) is 12.8. The van der Waals surface area contributed by atoms with Crippen molar-refractivity contribution >= 4 is 11.6 Å². The van der Waals surface area contributed by atoms with Crippen molar-refractivity contribution in [3.8, 4) is 0 Å². The quantitative estimate of drug-likeness (QED) is 0.875. The normalized spacial score (nSPS) is 12.0. The van der Waals surface area contributed by atoms with E-state index in [4.69, 9.17) is 0 Å². The lowest BCUT2D eigenvalue weighted by molar-refractivity contribution is -0.114. The summed E-state index contributed by atoms with van der Waals surface area (Å²) in [5.74, 6) is -0.0472. The van der Waals surface area contributed by atoms with Gasteiger partial charge in [0.2, 0.25) is 5.91 Å². The Balaban J connectivity index is 1.94. The van der Waals surface area contributed by atoms with Gasteiger partial charge in [-0.3, -0.25) is 4.79 Å². The fraction of sp³-hybridized carbons (Fsp3) is 0.278. The smallest absolute Gasteiger partial charge is 0.221 e. The minimum atomic E-state index is -0.0472. The molecule has 2 N–H and O–H groups in total. The van der Waals surface area contributed by atoms with Gasteiger partial charge >= 0.3 is 0 Å². The molecule has 3 heteroatoms. The maximum atomic E-state index is 11.0. The van der Waals surface area contributed by atoms with Crippen molar-refractivity contribution in [1.82, 2.24) is 5.32 Å². The van der Waals surface area contributed by atoms with Crippen molar-refractivity contribution in [2.75, 3.05) is 5.32 Å². The molecule has 0 radical (unpaired) electrons. The van der Waals surface area contributed by atoms with E-state index in [1.807, 2.05) is 24.3 Å². The maximum Gasteiger partial charge on any atom is 0.221 e. The fourth-order valence-electron chi connectivity index (χ4n) is 2.36. The van der Waals surface area contributed by atoms with Crippen molar-refractivity contribution in [2.45, 2.75) is 33.4 Å². The summed E-state index contributed by atoms with van der Waals surface area (Å²) in [4.78, 5) is 11.0. The summed E-state index contributed by atoms with van der Waals surface area (Å²) in [6, 6.07) is 16.7. The van der Waals surface area contributed by atoms with Crippen LogP contribution in [0.2, 0.25) is 0 Å². The standard InChI is InChI=1S/C18H22N2O/c1-13-6-4-5-7-18(13)14(2)19-12-16-8-10-17(11-9-16)20-15(3)21/h4-11,14,19H,12H2,1-3H3,(H,20,21). The van der Waals surface area contributed by atoms with E-state index in [9.17, 15) is 4.79 Å². The monoisotopic (exact) mass is 282 g/mol. The Morgan fingerprint density at radius 3 is 2.38 bits per heavy atom. The molecule has 0 aliphatic rings. The van der Waals surface area contributed by atoms with Crippen molar-refractivity contribution < 1.29 is 4.79 Å². The molecule has 0 heterocycles. The molecule has 3 nitrogen and oxygen atoms in total. The van der Waals surface area contributed by atoms with E-state index in [1.54, 1.807) is 0 Å². The minimum Gasteiger partial charge on any atom is -0.326 e. The number of carbonyl (C=O) groups excluding carboxylic acids is 1. The molecule has 0 aliphatic heterocycles. The summed E-state index contributed by atoms with van der Waals surface area (Å²) in [6.07, 6.45) is 0. The number of carbonyl (C=O) groups is 1. The molecule has 1 amide bonds. The fourth-order valence-corrected chi connectivity index (χ4v) is 2.36. The third kappa shape index (κ3) is 4.43. The Morgan fingerprint density at radius 2 is 1.76 bits per heavy atom. The van der Waals surface area contributed by atoms with Gasteiger partial charge in [-0.2, -0.15) is 0 Å². The predicted molar refractivity (Wildman–Crippen MR) is 87.2 cm³/mol. The Kier molecular flexibility index (Phi) is 5.12. The highest BCUT2D eigenvalue weighted by atomic mass is 16.1. The lowest BCUT2D eigenvalue weighted by atomic mass is 10.0. The summed E-state index contributed by atoms with van der Waals surface area (Å²) in [6.45, 7) is 6.62. The number of nitrogens with one attached hydrogen (secondary N) is 2. The molecule has 2 aromatic rings. The summed E-state index contributed by atoms with van der Waals surface area (Å²) in [7, 11) is 0. The van der Waals surface area contributed by atoms with E-state index in [-0.39, 0.29) is 5.91 Å². The molecule has 0 fully saturated rings. The number of benzene rings is 2. The summed E-state index contributed by atoms with van der Waals surface area (Å²) >= 11 is 0. The molecule has 110 valence electrons. The van der Waals surface area contributed by atoms with Gasteiger partial charge in [0.25, 0.3) is 0 Å². The maximum absolute atomic E-state index is 11.0. The van der Waals surface area contributed by atoms with Crippen LogP contribution in [0.1, 0.15) is 36.6 Å². The van der Waals surface area contributed by atoms with Gasteiger partial charge < -0.3 is 10.6 Å². The molecule has 2 rings (SSSR count). The average molecular weight is 282 g/mol. The molecule has 0 saturated carbocycles. The van der Waals surface area contributed by atoms with Crippen LogP contribution in [0.25, 0.3) is 0 Å². The number of aryl methyl sites for hydroxylation is 1. The Bertz CT molecular complexity index is 605. The zero-order valence-electron chi connectivity index (χ0n) is 12.8. The third-order valence-corrected chi connectivity index (χ3v) is 3.54. The van der Waals surface area contributed by atoms with Crippen LogP contribution in [0, 0.1) is 6.92 Å². The first-order valence-electron chi connectivity index (χ1n) is 7.21. The Labute approximate surface area is 126 Å². The van der Waals surface area contributed by atoms with Gasteiger partial charge in [-0.05, 0) is 42.7 Å². The first-order valence-corrected chi connectivity index (χ1v) is 7.21. The molecular formula is C18H22N2O. The van der Waals surface area contributed by atoms with Gasteiger partial charge in [-0.1, -0.05) is 36.4 Å². The first kappa shape index (κ1) is 15.3. The first-order chi connectivity index (χ1) is 10.1. The number of hydrogen-bond acceptors (Lipinski definition) is 2. The lowest BCUT2D eigenvalue weighted by Crippen LogP contribution is -2.18. The highest BCUT2D eigenvalue weighted by Crippen LogP contribution is 2.17. The molecular weight excluding hydrogens is 260 g/mol. The van der Waals surface area contributed by atoms with Crippen LogP contribution in [-0.4, -0.2) is 5.91 Å². The second-order valence-electron chi connectivity index (χ2n) is 5.34. The highest BCUT2D eigenvalue weighted by molar-refractivity contribution is 5.88. The van der Waals surface area contributed by atoms with E-state index < -0.39 is 0 Å². The van der Waals surface area contributed by atoms with Crippen LogP contribution in [0.5, 0.6) is 0 Å². The van der Waals surface area contributed by atoms with Gasteiger partial charge in [-0.15, -0.1) is 0 Å². The Morgan fingerprint density at radius 1 is 1.10 bits per heavy atom. The largest absolute Gasteiger partial charge is 0.326 e. The highest BCUT2D eigenvalue weighted by Gasteiger charge is 2.07. The van der Waals surface area contributed by atoms with Crippen molar-refractivity contribution in [3.05, 3.63) is 65.2 Å². The van der Waals surface area contributed by atoms with Crippen molar-refractivity contribution in [1.29, 1.82) is 0 Å². The molecule has 0 spiro atoms. The van der Waals surface area contributed by atoms with E-state index in [2.05, 4.69) is 48.7 Å². The van der Waals surface area contributed by atoms with Gasteiger partial charge in [0.1, 0.15) is 0 Å². The second kappa shape index (κ2) is 7.04. The van der Waals surface area contributed by atoms with E-state index in [0.717, 1.165) is 12.2 Å². The number of anilines is 1. The summed E-state index contributed by atoms with van der Waals surface area (Å²) in [5, 5.41) is 6.30. The average Bonchev–Trinajstić information content (AvgIpc) is 2.46. The van der Waals surface area contributed by atoms with Gasteiger partial charge in [-0.25, -0.2) is 0 Å². The zero-order chi connectivity index (χ0) is 15.2. The molecule has 0 aliphatic carbocycles. The van der Waals surface area contributed by atoms with Gasteiger partial charge in [0.15, 0.2) is 0 Å².